The zero-order valence-corrected chi connectivity index (χ0v) is 10.9. The van der Waals surface area contributed by atoms with E-state index in [0.717, 1.165) is 11.1 Å². The second-order valence-corrected chi connectivity index (χ2v) is 5.16. The van der Waals surface area contributed by atoms with Crippen molar-refractivity contribution in [2.24, 2.45) is 0 Å². The van der Waals surface area contributed by atoms with Gasteiger partial charge in [-0.25, -0.2) is 0 Å². The smallest absolute Gasteiger partial charge is 0.312 e. The monoisotopic (exact) mass is 265 g/mol. The van der Waals surface area contributed by atoms with Gasteiger partial charge in [-0.15, -0.1) is 0 Å². The maximum absolute atomic E-state index is 11.9. The third kappa shape index (κ3) is 2.51. The lowest BCUT2D eigenvalue weighted by molar-refractivity contribution is -0.140. The van der Waals surface area contributed by atoms with Gasteiger partial charge in [-0.3, -0.25) is 9.59 Å². The summed E-state index contributed by atoms with van der Waals surface area (Å²) in [4.78, 5) is 24.8. The minimum atomic E-state index is -0.871. The highest BCUT2D eigenvalue weighted by atomic mass is 32.2. The van der Waals surface area contributed by atoms with Gasteiger partial charge in [0.2, 0.25) is 5.91 Å². The molecule has 1 N–H and O–H groups in total. The molecular weight excluding hydrogens is 250 g/mol. The van der Waals surface area contributed by atoms with Gasteiger partial charge < -0.3 is 10.0 Å². The molecule has 1 aliphatic rings. The number of carboxylic acids is 1. The highest BCUT2D eigenvalue weighted by Crippen LogP contribution is 2.28. The third-order valence-corrected chi connectivity index (χ3v) is 3.65. The van der Waals surface area contributed by atoms with E-state index in [1.54, 1.807) is 4.90 Å². The van der Waals surface area contributed by atoms with Crippen LogP contribution in [0.25, 0.3) is 0 Å². The Balaban J connectivity index is 2.28. The average molecular weight is 265 g/mol. The van der Waals surface area contributed by atoms with Crippen LogP contribution in [-0.4, -0.2) is 40.4 Å². The summed E-state index contributed by atoms with van der Waals surface area (Å²) in [6.45, 7) is 0.783. The molecule has 1 amide bonds. The Morgan fingerprint density at radius 3 is 2.83 bits per heavy atom. The standard InChI is InChI=1S/C13H15NO3S/c1-18-8-12(15)14-6-9-4-2-3-5-10(9)11(7-14)13(16)17/h2-5,11H,6-8H2,1H3,(H,16,17). The van der Waals surface area contributed by atoms with Crippen molar-refractivity contribution in [3.05, 3.63) is 35.4 Å². The van der Waals surface area contributed by atoms with E-state index in [2.05, 4.69) is 0 Å². The SMILES string of the molecule is CSCC(=O)N1Cc2ccccc2C(C(=O)O)C1. The zero-order valence-electron chi connectivity index (χ0n) is 10.1. The fraction of sp³-hybridized carbons (Fsp3) is 0.385. The van der Waals surface area contributed by atoms with Crippen LogP contribution in [0.5, 0.6) is 0 Å². The first kappa shape index (κ1) is 13.0. The van der Waals surface area contributed by atoms with Crippen molar-refractivity contribution in [3.8, 4) is 0 Å². The van der Waals surface area contributed by atoms with Crippen molar-refractivity contribution < 1.29 is 14.7 Å². The molecule has 1 aromatic rings. The number of aliphatic carboxylic acids is 1. The Hall–Kier alpha value is -1.49. The second-order valence-electron chi connectivity index (χ2n) is 4.30. The third-order valence-electron chi connectivity index (χ3n) is 3.11. The number of fused-ring (bicyclic) bond motifs is 1. The highest BCUT2D eigenvalue weighted by molar-refractivity contribution is 7.99. The second kappa shape index (κ2) is 5.44. The van der Waals surface area contributed by atoms with Crippen molar-refractivity contribution in [1.29, 1.82) is 0 Å². The minimum Gasteiger partial charge on any atom is -0.481 e. The van der Waals surface area contributed by atoms with Gasteiger partial charge in [0.05, 0.1) is 11.7 Å². The molecule has 4 nitrogen and oxygen atoms in total. The number of hydrogen-bond acceptors (Lipinski definition) is 3. The minimum absolute atomic E-state index is 0.00301. The number of carbonyl (C=O) groups is 2. The summed E-state index contributed by atoms with van der Waals surface area (Å²) < 4.78 is 0. The van der Waals surface area contributed by atoms with E-state index in [0.29, 0.717) is 12.3 Å². The van der Waals surface area contributed by atoms with Crippen LogP contribution in [0.15, 0.2) is 24.3 Å². The summed E-state index contributed by atoms with van der Waals surface area (Å²) in [5, 5.41) is 9.27. The summed E-state index contributed by atoms with van der Waals surface area (Å²) in [7, 11) is 0. The quantitative estimate of drug-likeness (QED) is 0.901. The van der Waals surface area contributed by atoms with E-state index in [1.807, 2.05) is 30.5 Å². The molecule has 1 aliphatic heterocycles. The van der Waals surface area contributed by atoms with Gasteiger partial charge in [-0.05, 0) is 17.4 Å². The van der Waals surface area contributed by atoms with E-state index in [4.69, 9.17) is 0 Å². The van der Waals surface area contributed by atoms with Crippen molar-refractivity contribution in [1.82, 2.24) is 4.90 Å². The molecule has 96 valence electrons. The van der Waals surface area contributed by atoms with Crippen molar-refractivity contribution in [2.75, 3.05) is 18.6 Å². The van der Waals surface area contributed by atoms with Crippen LogP contribution in [0.3, 0.4) is 0 Å². The maximum Gasteiger partial charge on any atom is 0.312 e. The molecule has 18 heavy (non-hydrogen) atoms. The summed E-state index contributed by atoms with van der Waals surface area (Å²) in [5.74, 6) is -1.08. The molecule has 5 heteroatoms. The normalized spacial score (nSPS) is 18.3. The number of carbonyl (C=O) groups excluding carboxylic acids is 1. The average Bonchev–Trinajstić information content (AvgIpc) is 2.37. The lowest BCUT2D eigenvalue weighted by atomic mass is 9.90. The van der Waals surface area contributed by atoms with Crippen LogP contribution in [-0.2, 0) is 16.1 Å². The van der Waals surface area contributed by atoms with E-state index < -0.39 is 11.9 Å². The lowest BCUT2D eigenvalue weighted by Gasteiger charge is -2.32. The first-order chi connectivity index (χ1) is 8.63. The van der Waals surface area contributed by atoms with E-state index in [1.165, 1.54) is 11.8 Å². The first-order valence-electron chi connectivity index (χ1n) is 5.70. The molecule has 0 saturated carbocycles. The molecule has 1 heterocycles. The van der Waals surface area contributed by atoms with E-state index >= 15 is 0 Å². The molecule has 1 aromatic carbocycles. The molecule has 0 saturated heterocycles. The van der Waals surface area contributed by atoms with Crippen LogP contribution in [0, 0.1) is 0 Å². The van der Waals surface area contributed by atoms with Crippen LogP contribution < -0.4 is 0 Å². The van der Waals surface area contributed by atoms with E-state index in [9.17, 15) is 14.7 Å². The molecule has 0 aliphatic carbocycles. The number of hydrogen-bond donors (Lipinski definition) is 1. The number of benzene rings is 1. The number of rotatable bonds is 3. The summed E-state index contributed by atoms with van der Waals surface area (Å²) in [6, 6.07) is 7.45. The van der Waals surface area contributed by atoms with Gasteiger partial charge in [-0.1, -0.05) is 24.3 Å². The Bertz CT molecular complexity index is 475. The molecule has 0 bridgehead atoms. The summed E-state index contributed by atoms with van der Waals surface area (Å²) in [5.41, 5.74) is 1.77. The predicted octanol–water partition coefficient (Wildman–Crippen LogP) is 1.56. The fourth-order valence-electron chi connectivity index (χ4n) is 2.22. The van der Waals surface area contributed by atoms with Gasteiger partial charge in [0.25, 0.3) is 0 Å². The molecular formula is C13H15NO3S. The number of carboxylic acid groups (broad SMARTS) is 1. The molecule has 0 radical (unpaired) electrons. The summed E-state index contributed by atoms with van der Waals surface area (Å²) in [6.07, 6.45) is 1.87. The van der Waals surface area contributed by atoms with Crippen molar-refractivity contribution in [2.45, 2.75) is 12.5 Å². The molecule has 0 aromatic heterocycles. The Morgan fingerprint density at radius 2 is 2.17 bits per heavy atom. The van der Waals surface area contributed by atoms with Gasteiger partial charge in [0.15, 0.2) is 0 Å². The Morgan fingerprint density at radius 1 is 1.44 bits per heavy atom. The lowest BCUT2D eigenvalue weighted by Crippen LogP contribution is -2.41. The highest BCUT2D eigenvalue weighted by Gasteiger charge is 2.31. The van der Waals surface area contributed by atoms with Crippen LogP contribution in [0.1, 0.15) is 17.0 Å². The van der Waals surface area contributed by atoms with Crippen molar-refractivity contribution >= 4 is 23.6 Å². The number of thioether (sulfide) groups is 1. The molecule has 1 atom stereocenters. The van der Waals surface area contributed by atoms with Gasteiger partial charge in [-0.2, -0.15) is 11.8 Å². The fourth-order valence-corrected chi connectivity index (χ4v) is 2.65. The topological polar surface area (TPSA) is 57.6 Å². The molecule has 2 rings (SSSR count). The molecule has 0 spiro atoms. The number of amides is 1. The van der Waals surface area contributed by atoms with Gasteiger partial charge in [0.1, 0.15) is 0 Å². The van der Waals surface area contributed by atoms with Crippen LogP contribution >= 0.6 is 11.8 Å². The van der Waals surface area contributed by atoms with Crippen LogP contribution in [0.4, 0.5) is 0 Å². The Labute approximate surface area is 110 Å². The number of nitrogens with zero attached hydrogens (tertiary/aromatic N) is 1. The molecule has 0 fully saturated rings. The van der Waals surface area contributed by atoms with Gasteiger partial charge in [0, 0.05) is 13.1 Å². The molecule has 1 unspecified atom stereocenters. The predicted molar refractivity (Wildman–Crippen MR) is 70.6 cm³/mol. The van der Waals surface area contributed by atoms with Crippen LogP contribution in [0.2, 0.25) is 0 Å². The zero-order chi connectivity index (χ0) is 13.1. The Kier molecular flexibility index (Phi) is 3.91. The van der Waals surface area contributed by atoms with Gasteiger partial charge >= 0.3 is 5.97 Å². The maximum atomic E-state index is 11.9. The van der Waals surface area contributed by atoms with E-state index in [-0.39, 0.29) is 12.5 Å². The van der Waals surface area contributed by atoms with Crippen molar-refractivity contribution in [3.63, 3.8) is 0 Å². The first-order valence-corrected chi connectivity index (χ1v) is 7.10. The summed E-state index contributed by atoms with van der Waals surface area (Å²) >= 11 is 1.46. The largest absolute Gasteiger partial charge is 0.481 e.